The molecule has 1 atom stereocenters. The quantitative estimate of drug-likeness (QED) is 0.415. The average molecular weight is 384 g/mol. The lowest BCUT2D eigenvalue weighted by Crippen LogP contribution is -2.38. The number of nitrogens with two attached hydrogens (primary N) is 1. The van der Waals surface area contributed by atoms with Gasteiger partial charge in [-0.25, -0.2) is 8.78 Å². The average Bonchev–Trinajstić information content (AvgIpc) is 3.44. The van der Waals surface area contributed by atoms with Gasteiger partial charge in [-0.2, -0.15) is 0 Å². The Morgan fingerprint density at radius 1 is 1.33 bits per heavy atom. The first-order chi connectivity index (χ1) is 12.9. The molecule has 27 heavy (non-hydrogen) atoms. The van der Waals surface area contributed by atoms with Crippen LogP contribution in [0.4, 0.5) is 8.78 Å². The van der Waals surface area contributed by atoms with Gasteiger partial charge in [0.05, 0.1) is 12.3 Å². The Kier molecular flexibility index (Phi) is 7.78. The molecule has 0 spiro atoms. The van der Waals surface area contributed by atoms with E-state index in [0.29, 0.717) is 18.5 Å². The van der Waals surface area contributed by atoms with E-state index < -0.39 is 18.9 Å². The second-order valence-corrected chi connectivity index (χ2v) is 6.41. The van der Waals surface area contributed by atoms with Crippen LogP contribution in [0.15, 0.2) is 35.2 Å². The Hall–Kier alpha value is -2.42. The van der Waals surface area contributed by atoms with Crippen LogP contribution in [0, 0.1) is 0 Å². The highest BCUT2D eigenvalue weighted by atomic mass is 19.3. The van der Waals surface area contributed by atoms with E-state index in [4.69, 9.17) is 10.5 Å². The molecule has 2 rings (SSSR count). The van der Waals surface area contributed by atoms with Crippen molar-refractivity contribution in [1.29, 1.82) is 0 Å². The number of hydrogen-bond donors (Lipinski definition) is 4. The van der Waals surface area contributed by atoms with E-state index >= 15 is 0 Å². The molecule has 2 amide bonds. The highest BCUT2D eigenvalue weighted by molar-refractivity contribution is 5.96. The number of rotatable bonds is 10. The lowest BCUT2D eigenvalue weighted by atomic mass is 10.0. The number of nitrogens with one attached hydrogen (secondary N) is 3. The number of alkyl halides is 2. The summed E-state index contributed by atoms with van der Waals surface area (Å²) < 4.78 is 29.6. The lowest BCUT2D eigenvalue weighted by molar-refractivity contribution is -0.118. The number of carbonyl (C=O) groups excluding carboxylic acids is 2. The van der Waals surface area contributed by atoms with E-state index in [0.717, 1.165) is 12.8 Å². The van der Waals surface area contributed by atoms with E-state index in [1.807, 2.05) is 6.92 Å². The number of likely N-dealkylation sites (N-methyl/N-ethyl adjacent to an activating group) is 1. The van der Waals surface area contributed by atoms with Gasteiger partial charge in [-0.1, -0.05) is 18.2 Å². The molecule has 0 heterocycles. The van der Waals surface area contributed by atoms with Crippen molar-refractivity contribution < 1.29 is 23.1 Å². The van der Waals surface area contributed by atoms with Crippen LogP contribution >= 0.6 is 0 Å². The second-order valence-electron chi connectivity index (χ2n) is 6.41. The SMILES string of the molecule is CCNC(=O)C1=CCC(N/C(COCC(F)F)=C(\N)C(=O)NC2CC2)C=C1. The second kappa shape index (κ2) is 10.1. The first-order valence-corrected chi connectivity index (χ1v) is 8.99. The standard InChI is InChI=1S/C18H26F2N4O3/c1-2-22-17(25)11-3-5-12(6-4-11)23-14(9-27-10-15(19)20)16(21)18(26)24-13-7-8-13/h3-5,12-13,15,23H,2,6-10,21H2,1H3,(H,22,25)(H,24,26)/b16-14-. The fraction of sp³-hybridized carbons (Fsp3) is 0.556. The zero-order valence-electron chi connectivity index (χ0n) is 15.3. The molecule has 5 N–H and O–H groups in total. The van der Waals surface area contributed by atoms with Gasteiger partial charge in [0, 0.05) is 24.2 Å². The van der Waals surface area contributed by atoms with Crippen LogP contribution in [-0.2, 0) is 14.3 Å². The monoisotopic (exact) mass is 384 g/mol. The van der Waals surface area contributed by atoms with E-state index in [2.05, 4.69) is 16.0 Å². The molecule has 1 unspecified atom stereocenters. The highest BCUT2D eigenvalue weighted by Crippen LogP contribution is 2.19. The molecule has 0 saturated heterocycles. The maximum atomic E-state index is 12.3. The van der Waals surface area contributed by atoms with Gasteiger partial charge in [-0.15, -0.1) is 0 Å². The summed E-state index contributed by atoms with van der Waals surface area (Å²) in [5, 5.41) is 8.53. The topological polar surface area (TPSA) is 105 Å². The molecular formula is C18H26F2N4O3. The summed E-state index contributed by atoms with van der Waals surface area (Å²) in [7, 11) is 0. The van der Waals surface area contributed by atoms with Gasteiger partial charge in [0.1, 0.15) is 12.3 Å². The van der Waals surface area contributed by atoms with Crippen LogP contribution in [-0.4, -0.2) is 50.1 Å². The number of halogens is 2. The third kappa shape index (κ3) is 7.01. The minimum absolute atomic E-state index is 0.0805. The molecule has 0 radical (unpaired) electrons. The van der Waals surface area contributed by atoms with Crippen LogP contribution in [0.25, 0.3) is 0 Å². The van der Waals surface area contributed by atoms with Gasteiger partial charge < -0.3 is 26.4 Å². The molecule has 150 valence electrons. The molecule has 9 heteroatoms. The summed E-state index contributed by atoms with van der Waals surface area (Å²) >= 11 is 0. The molecule has 0 aromatic rings. The van der Waals surface area contributed by atoms with Gasteiger partial charge in [0.2, 0.25) is 0 Å². The van der Waals surface area contributed by atoms with Crippen molar-refractivity contribution in [3.63, 3.8) is 0 Å². The van der Waals surface area contributed by atoms with Crippen LogP contribution in [0.2, 0.25) is 0 Å². The first kappa shape index (κ1) is 20.9. The van der Waals surface area contributed by atoms with Gasteiger partial charge in [-0.05, 0) is 26.2 Å². The predicted molar refractivity (Wildman–Crippen MR) is 96.6 cm³/mol. The van der Waals surface area contributed by atoms with Crippen LogP contribution in [0.5, 0.6) is 0 Å². The zero-order valence-corrected chi connectivity index (χ0v) is 15.3. The van der Waals surface area contributed by atoms with Crippen molar-refractivity contribution in [1.82, 2.24) is 16.0 Å². The minimum atomic E-state index is -2.61. The Bertz CT molecular complexity index is 643. The Labute approximate surface area is 157 Å². The van der Waals surface area contributed by atoms with Crippen molar-refractivity contribution in [2.24, 2.45) is 5.73 Å². The molecule has 1 saturated carbocycles. The normalized spacial score (nSPS) is 20.0. The highest BCUT2D eigenvalue weighted by Gasteiger charge is 2.26. The summed E-state index contributed by atoms with van der Waals surface area (Å²) in [5.41, 5.74) is 6.64. The molecule has 0 aromatic heterocycles. The molecule has 2 aliphatic rings. The van der Waals surface area contributed by atoms with E-state index in [9.17, 15) is 18.4 Å². The largest absolute Gasteiger partial charge is 0.393 e. The molecule has 0 bridgehead atoms. The summed E-state index contributed by atoms with van der Waals surface area (Å²) in [5.74, 6) is -0.606. The van der Waals surface area contributed by atoms with Crippen LogP contribution in [0.1, 0.15) is 26.2 Å². The van der Waals surface area contributed by atoms with Gasteiger partial charge >= 0.3 is 0 Å². The van der Waals surface area contributed by atoms with E-state index in [-0.39, 0.29) is 36.0 Å². The van der Waals surface area contributed by atoms with Crippen LogP contribution in [0.3, 0.4) is 0 Å². The third-order valence-electron chi connectivity index (χ3n) is 4.03. The van der Waals surface area contributed by atoms with Crippen molar-refractivity contribution in [3.05, 3.63) is 35.2 Å². The van der Waals surface area contributed by atoms with Gasteiger partial charge in [0.25, 0.3) is 18.2 Å². The summed E-state index contributed by atoms with van der Waals surface area (Å²) in [4.78, 5) is 24.0. The number of ether oxygens (including phenoxy) is 1. The van der Waals surface area contributed by atoms with Gasteiger partial charge in [0.15, 0.2) is 0 Å². The number of carbonyl (C=O) groups is 2. The molecule has 0 aromatic carbocycles. The zero-order chi connectivity index (χ0) is 19.8. The van der Waals surface area contributed by atoms with E-state index in [1.165, 1.54) is 0 Å². The van der Waals surface area contributed by atoms with Gasteiger partial charge in [-0.3, -0.25) is 9.59 Å². The summed E-state index contributed by atoms with van der Waals surface area (Å²) in [6.45, 7) is 1.39. The van der Waals surface area contributed by atoms with E-state index in [1.54, 1.807) is 18.2 Å². The molecule has 2 aliphatic carbocycles. The molecule has 7 nitrogen and oxygen atoms in total. The fourth-order valence-electron chi connectivity index (χ4n) is 2.46. The van der Waals surface area contributed by atoms with Crippen molar-refractivity contribution in [3.8, 4) is 0 Å². The molecule has 1 fully saturated rings. The fourth-order valence-corrected chi connectivity index (χ4v) is 2.46. The third-order valence-corrected chi connectivity index (χ3v) is 4.03. The molecular weight excluding hydrogens is 358 g/mol. The number of amides is 2. The Balaban J connectivity index is 2.00. The summed E-state index contributed by atoms with van der Waals surface area (Å²) in [6.07, 6.45) is 4.89. The maximum absolute atomic E-state index is 12.3. The smallest absolute Gasteiger partial charge is 0.269 e. The Morgan fingerprint density at radius 2 is 2.07 bits per heavy atom. The minimum Gasteiger partial charge on any atom is -0.393 e. The first-order valence-electron chi connectivity index (χ1n) is 8.99. The predicted octanol–water partition coefficient (Wildman–Crippen LogP) is 0.698. The van der Waals surface area contributed by atoms with Crippen LogP contribution < -0.4 is 21.7 Å². The van der Waals surface area contributed by atoms with Crippen molar-refractivity contribution in [2.75, 3.05) is 19.8 Å². The Morgan fingerprint density at radius 3 is 2.63 bits per heavy atom. The summed E-state index contributed by atoms with van der Waals surface area (Å²) in [6, 6.07) is -0.114. The molecule has 0 aliphatic heterocycles. The lowest BCUT2D eigenvalue weighted by Gasteiger charge is -2.22. The number of hydrogen-bond acceptors (Lipinski definition) is 5. The van der Waals surface area contributed by atoms with Crippen molar-refractivity contribution in [2.45, 2.75) is 44.7 Å². The van der Waals surface area contributed by atoms with Crippen molar-refractivity contribution >= 4 is 11.8 Å². The maximum Gasteiger partial charge on any atom is 0.269 e.